The lowest BCUT2D eigenvalue weighted by Gasteiger charge is -2.19. The number of hydrogen-bond acceptors (Lipinski definition) is 4. The van der Waals surface area contributed by atoms with Gasteiger partial charge in [-0.1, -0.05) is 30.3 Å². The molecule has 1 fully saturated rings. The standard InChI is InChI=1S/C15H20N4O/c1-18-14(11-19(9-10-20)13-7-8-13)16-17-15(18)12-5-3-2-4-6-12/h2-6,13,20H,7-11H2,1H3. The van der Waals surface area contributed by atoms with E-state index in [-0.39, 0.29) is 6.61 Å². The van der Waals surface area contributed by atoms with Gasteiger partial charge < -0.3 is 9.67 Å². The minimum absolute atomic E-state index is 0.194. The topological polar surface area (TPSA) is 54.2 Å². The fraction of sp³-hybridized carbons (Fsp3) is 0.467. The summed E-state index contributed by atoms with van der Waals surface area (Å²) >= 11 is 0. The molecule has 0 spiro atoms. The number of hydrogen-bond donors (Lipinski definition) is 1. The summed E-state index contributed by atoms with van der Waals surface area (Å²) in [6, 6.07) is 10.7. The Kier molecular flexibility index (Phi) is 3.80. The molecule has 1 N–H and O–H groups in total. The van der Waals surface area contributed by atoms with Crippen molar-refractivity contribution >= 4 is 0 Å². The Labute approximate surface area is 118 Å². The number of nitrogens with zero attached hydrogens (tertiary/aromatic N) is 4. The van der Waals surface area contributed by atoms with Crippen LogP contribution in [0.2, 0.25) is 0 Å². The minimum atomic E-state index is 0.194. The van der Waals surface area contributed by atoms with Gasteiger partial charge in [0.25, 0.3) is 0 Å². The van der Waals surface area contributed by atoms with Crippen LogP contribution in [-0.2, 0) is 13.6 Å². The van der Waals surface area contributed by atoms with Gasteiger partial charge in [-0.3, -0.25) is 4.90 Å². The lowest BCUT2D eigenvalue weighted by molar-refractivity contribution is 0.179. The van der Waals surface area contributed by atoms with E-state index in [0.717, 1.165) is 23.8 Å². The second-order valence-electron chi connectivity index (χ2n) is 5.29. The van der Waals surface area contributed by atoms with Crippen LogP contribution < -0.4 is 0 Å². The average molecular weight is 272 g/mol. The number of aliphatic hydroxyl groups excluding tert-OH is 1. The highest BCUT2D eigenvalue weighted by Gasteiger charge is 2.29. The van der Waals surface area contributed by atoms with Crippen LogP contribution in [0.1, 0.15) is 18.7 Å². The number of benzene rings is 1. The Hall–Kier alpha value is -1.72. The Balaban J connectivity index is 1.79. The van der Waals surface area contributed by atoms with Gasteiger partial charge in [-0.15, -0.1) is 10.2 Å². The van der Waals surface area contributed by atoms with Crippen molar-refractivity contribution in [3.63, 3.8) is 0 Å². The average Bonchev–Trinajstić information content (AvgIpc) is 3.25. The van der Waals surface area contributed by atoms with Gasteiger partial charge in [0.2, 0.25) is 0 Å². The summed E-state index contributed by atoms with van der Waals surface area (Å²) in [7, 11) is 2.00. The maximum atomic E-state index is 9.16. The van der Waals surface area contributed by atoms with Crippen LogP contribution in [0.5, 0.6) is 0 Å². The molecule has 1 aliphatic rings. The van der Waals surface area contributed by atoms with Crippen LogP contribution in [-0.4, -0.2) is 44.0 Å². The first-order valence-electron chi connectivity index (χ1n) is 7.08. The summed E-state index contributed by atoms with van der Waals surface area (Å²) in [4.78, 5) is 2.29. The van der Waals surface area contributed by atoms with E-state index in [1.54, 1.807) is 0 Å². The smallest absolute Gasteiger partial charge is 0.163 e. The molecule has 2 aromatic rings. The lowest BCUT2D eigenvalue weighted by atomic mass is 10.2. The van der Waals surface area contributed by atoms with Gasteiger partial charge >= 0.3 is 0 Å². The molecule has 0 atom stereocenters. The summed E-state index contributed by atoms with van der Waals surface area (Å²) in [5, 5.41) is 17.8. The third kappa shape index (κ3) is 2.73. The number of aromatic nitrogens is 3. The molecule has 0 aliphatic heterocycles. The zero-order valence-corrected chi connectivity index (χ0v) is 11.7. The third-order valence-corrected chi connectivity index (χ3v) is 3.79. The van der Waals surface area contributed by atoms with Crippen molar-refractivity contribution in [1.82, 2.24) is 19.7 Å². The van der Waals surface area contributed by atoms with E-state index in [0.29, 0.717) is 12.6 Å². The molecule has 0 unspecified atom stereocenters. The van der Waals surface area contributed by atoms with Crippen molar-refractivity contribution in [2.24, 2.45) is 7.05 Å². The highest BCUT2D eigenvalue weighted by atomic mass is 16.3. The predicted octanol–water partition coefficient (Wildman–Crippen LogP) is 1.44. The molecule has 1 aromatic carbocycles. The molecule has 0 bridgehead atoms. The first kappa shape index (κ1) is 13.3. The fourth-order valence-electron chi connectivity index (χ4n) is 2.48. The van der Waals surface area contributed by atoms with Crippen LogP contribution in [0.3, 0.4) is 0 Å². The normalized spacial score (nSPS) is 14.9. The molecule has 5 heteroatoms. The van der Waals surface area contributed by atoms with Gasteiger partial charge in [0.05, 0.1) is 13.2 Å². The SMILES string of the molecule is Cn1c(CN(CCO)C2CC2)nnc1-c1ccccc1. The molecule has 1 heterocycles. The first-order valence-corrected chi connectivity index (χ1v) is 7.08. The van der Waals surface area contributed by atoms with Crippen molar-refractivity contribution < 1.29 is 5.11 Å². The van der Waals surface area contributed by atoms with Gasteiger partial charge in [-0.05, 0) is 12.8 Å². The lowest BCUT2D eigenvalue weighted by Crippen LogP contribution is -2.29. The Morgan fingerprint density at radius 2 is 2.00 bits per heavy atom. The maximum absolute atomic E-state index is 9.16. The fourth-order valence-corrected chi connectivity index (χ4v) is 2.48. The van der Waals surface area contributed by atoms with Crippen LogP contribution >= 0.6 is 0 Å². The second-order valence-corrected chi connectivity index (χ2v) is 5.29. The molecule has 106 valence electrons. The largest absolute Gasteiger partial charge is 0.395 e. The zero-order chi connectivity index (χ0) is 13.9. The van der Waals surface area contributed by atoms with Crippen molar-refractivity contribution in [1.29, 1.82) is 0 Å². The van der Waals surface area contributed by atoms with Gasteiger partial charge in [0.15, 0.2) is 5.82 Å². The quantitative estimate of drug-likeness (QED) is 0.864. The molecule has 5 nitrogen and oxygen atoms in total. The molecule has 20 heavy (non-hydrogen) atoms. The van der Waals surface area contributed by atoms with Crippen molar-refractivity contribution in [2.75, 3.05) is 13.2 Å². The zero-order valence-electron chi connectivity index (χ0n) is 11.7. The highest BCUT2D eigenvalue weighted by Crippen LogP contribution is 2.28. The highest BCUT2D eigenvalue weighted by molar-refractivity contribution is 5.54. The van der Waals surface area contributed by atoms with Gasteiger partial charge in [-0.25, -0.2) is 0 Å². The van der Waals surface area contributed by atoms with E-state index in [4.69, 9.17) is 5.11 Å². The summed E-state index contributed by atoms with van der Waals surface area (Å²) in [5.74, 6) is 1.84. The van der Waals surface area contributed by atoms with Crippen LogP contribution in [0.4, 0.5) is 0 Å². The van der Waals surface area contributed by atoms with E-state index in [9.17, 15) is 0 Å². The summed E-state index contributed by atoms with van der Waals surface area (Å²) < 4.78 is 2.04. The Morgan fingerprint density at radius 3 is 2.65 bits per heavy atom. The molecular weight excluding hydrogens is 252 g/mol. The van der Waals surface area contributed by atoms with E-state index in [1.807, 2.05) is 41.9 Å². The molecule has 3 rings (SSSR count). The van der Waals surface area contributed by atoms with Crippen LogP contribution in [0.15, 0.2) is 30.3 Å². The molecular formula is C15H20N4O. The summed E-state index contributed by atoms with van der Waals surface area (Å²) in [5.41, 5.74) is 1.08. The molecule has 1 aliphatic carbocycles. The predicted molar refractivity (Wildman–Crippen MR) is 77.0 cm³/mol. The van der Waals surface area contributed by atoms with Gasteiger partial charge in [0, 0.05) is 25.2 Å². The van der Waals surface area contributed by atoms with Crippen molar-refractivity contribution in [2.45, 2.75) is 25.4 Å². The van der Waals surface area contributed by atoms with Gasteiger partial charge in [0.1, 0.15) is 5.82 Å². The monoisotopic (exact) mass is 272 g/mol. The molecule has 0 saturated heterocycles. The second kappa shape index (κ2) is 5.73. The molecule has 1 saturated carbocycles. The maximum Gasteiger partial charge on any atom is 0.163 e. The summed E-state index contributed by atoms with van der Waals surface area (Å²) in [6.45, 7) is 1.65. The van der Waals surface area contributed by atoms with Crippen LogP contribution in [0, 0.1) is 0 Å². The molecule has 0 radical (unpaired) electrons. The van der Waals surface area contributed by atoms with Gasteiger partial charge in [-0.2, -0.15) is 0 Å². The van der Waals surface area contributed by atoms with Crippen LogP contribution in [0.25, 0.3) is 11.4 Å². The number of aliphatic hydroxyl groups is 1. The van der Waals surface area contributed by atoms with Crippen molar-refractivity contribution in [3.8, 4) is 11.4 Å². The minimum Gasteiger partial charge on any atom is -0.395 e. The Bertz CT molecular complexity index is 563. The molecule has 0 amide bonds. The van der Waals surface area contributed by atoms with E-state index >= 15 is 0 Å². The first-order chi connectivity index (χ1) is 9.79. The van der Waals surface area contributed by atoms with Crippen molar-refractivity contribution in [3.05, 3.63) is 36.2 Å². The number of rotatable bonds is 6. The van der Waals surface area contributed by atoms with E-state index in [1.165, 1.54) is 12.8 Å². The van der Waals surface area contributed by atoms with E-state index in [2.05, 4.69) is 15.1 Å². The Morgan fingerprint density at radius 1 is 1.25 bits per heavy atom. The summed E-state index contributed by atoms with van der Waals surface area (Å²) in [6.07, 6.45) is 2.45. The molecule has 1 aromatic heterocycles. The third-order valence-electron chi connectivity index (χ3n) is 3.79. The van der Waals surface area contributed by atoms with E-state index < -0.39 is 0 Å².